The molecule has 0 saturated carbocycles. The van der Waals surface area contributed by atoms with Crippen molar-refractivity contribution in [2.45, 2.75) is 0 Å². The summed E-state index contributed by atoms with van der Waals surface area (Å²) in [5, 5.41) is 9.73. The molecule has 0 saturated heterocycles. The van der Waals surface area contributed by atoms with Crippen LogP contribution < -0.4 is 15.1 Å². The number of aromatic nitrogens is 5. The lowest BCUT2D eigenvalue weighted by Gasteiger charge is -2.30. The third-order valence-corrected chi connectivity index (χ3v) is 17.3. The van der Waals surface area contributed by atoms with Crippen molar-refractivity contribution in [3.63, 3.8) is 0 Å². The van der Waals surface area contributed by atoms with Gasteiger partial charge in [-0.2, -0.15) is 0 Å². The van der Waals surface area contributed by atoms with Gasteiger partial charge in [0.1, 0.15) is 0 Å². The minimum absolute atomic E-state index is 0.746. The van der Waals surface area contributed by atoms with Crippen LogP contribution >= 0.6 is 0 Å². The standard InChI is InChI=1S/C80H54N8/c1-2-16-53(17-3-1)58-36-49-69-70(52-58)84-80(57-34-39-60(40-35-57)86(76-31-13-19-55-21-15-51-82-78(55)76)62-43-47-64(48-44-62)88-73-28-10-6-24-67(73)68-25-7-11-29-74(68)88)79(83-69)56-32-37-59(38-33-56)85(75-30-12-18-54-20-14-50-81-77(54)75)61-41-45-63(46-42-61)87-71-26-8-4-22-65(71)66-23-5-9-27-72(66)87/h1-50,52,82H,51H2. The molecule has 88 heavy (non-hydrogen) atoms. The first kappa shape index (κ1) is 50.6. The first-order valence-corrected chi connectivity index (χ1v) is 29.9. The molecule has 1 aliphatic heterocycles. The lowest BCUT2D eigenvalue weighted by atomic mass is 10.0. The van der Waals surface area contributed by atoms with E-state index in [0.717, 1.165) is 119 Å². The summed E-state index contributed by atoms with van der Waals surface area (Å²) in [5.41, 5.74) is 23.4. The second kappa shape index (κ2) is 21.0. The average Bonchev–Trinajstić information content (AvgIpc) is 2.52. The maximum Gasteiger partial charge on any atom is 0.0973 e. The van der Waals surface area contributed by atoms with Gasteiger partial charge in [0.15, 0.2) is 0 Å². The third-order valence-electron chi connectivity index (χ3n) is 17.3. The maximum atomic E-state index is 5.57. The average molecular weight is 1130 g/mol. The highest BCUT2D eigenvalue weighted by molar-refractivity contribution is 6.10. The van der Waals surface area contributed by atoms with Gasteiger partial charge in [0.05, 0.1) is 67.1 Å². The molecule has 1 aliphatic rings. The molecule has 16 aromatic rings. The second-order valence-electron chi connectivity index (χ2n) is 22.4. The van der Waals surface area contributed by atoms with Crippen LogP contribution in [0.2, 0.25) is 0 Å². The Balaban J connectivity index is 0.780. The molecule has 1 N–H and O–H groups in total. The van der Waals surface area contributed by atoms with Crippen LogP contribution in [0.4, 0.5) is 39.8 Å². The Morgan fingerprint density at radius 2 is 0.807 bits per heavy atom. The van der Waals surface area contributed by atoms with E-state index in [0.29, 0.717) is 0 Å². The number of hydrogen-bond donors (Lipinski definition) is 1. The maximum absolute atomic E-state index is 5.57. The van der Waals surface area contributed by atoms with Gasteiger partial charge in [0, 0.05) is 84.9 Å². The van der Waals surface area contributed by atoms with E-state index in [2.05, 4.69) is 322 Å². The molecule has 0 atom stereocenters. The molecular weight excluding hydrogens is 1070 g/mol. The number of pyridine rings is 1. The number of fused-ring (bicyclic) bond motifs is 9. The summed E-state index contributed by atoms with van der Waals surface area (Å²) in [7, 11) is 0. The zero-order chi connectivity index (χ0) is 58.1. The molecule has 0 radical (unpaired) electrons. The topological polar surface area (TPSA) is 67.0 Å². The number of benzene rings is 12. The van der Waals surface area contributed by atoms with Gasteiger partial charge in [-0.05, 0) is 144 Å². The van der Waals surface area contributed by atoms with Crippen LogP contribution in [-0.2, 0) is 0 Å². The van der Waals surface area contributed by atoms with E-state index in [1.54, 1.807) is 0 Å². The van der Waals surface area contributed by atoms with Crippen molar-refractivity contribution >= 4 is 111 Å². The number of nitrogens with zero attached hydrogens (tertiary/aromatic N) is 7. The Kier molecular flexibility index (Phi) is 12.1. The van der Waals surface area contributed by atoms with Crippen molar-refractivity contribution in [2.75, 3.05) is 21.7 Å². The Morgan fingerprint density at radius 3 is 1.36 bits per heavy atom. The molecule has 0 amide bonds. The molecule has 414 valence electrons. The van der Waals surface area contributed by atoms with Crippen molar-refractivity contribution in [1.82, 2.24) is 24.1 Å². The van der Waals surface area contributed by atoms with Crippen LogP contribution in [0.3, 0.4) is 0 Å². The van der Waals surface area contributed by atoms with Crippen molar-refractivity contribution in [3.8, 4) is 45.0 Å². The van der Waals surface area contributed by atoms with E-state index in [9.17, 15) is 0 Å². The van der Waals surface area contributed by atoms with Crippen molar-refractivity contribution < 1.29 is 0 Å². The van der Waals surface area contributed by atoms with Crippen LogP contribution in [0.5, 0.6) is 0 Å². The fraction of sp³-hybridized carbons (Fsp3) is 0.0125. The summed E-state index contributed by atoms with van der Waals surface area (Å²) in [6.07, 6.45) is 6.26. The Bertz CT molecular complexity index is 5260. The fourth-order valence-electron chi connectivity index (χ4n) is 13.3. The largest absolute Gasteiger partial charge is 0.379 e. The number of nitrogens with one attached hydrogen (secondary N) is 1. The summed E-state index contributed by atoms with van der Waals surface area (Å²) in [6.45, 7) is 0.746. The summed E-state index contributed by atoms with van der Waals surface area (Å²) < 4.78 is 4.73. The first-order valence-electron chi connectivity index (χ1n) is 29.9. The molecule has 0 bridgehead atoms. The van der Waals surface area contributed by atoms with Gasteiger partial charge in [-0.1, -0.05) is 176 Å². The highest BCUT2D eigenvalue weighted by Crippen LogP contribution is 2.45. The van der Waals surface area contributed by atoms with Gasteiger partial charge in [0.25, 0.3) is 0 Å². The molecule has 5 heterocycles. The van der Waals surface area contributed by atoms with E-state index in [4.69, 9.17) is 15.0 Å². The van der Waals surface area contributed by atoms with E-state index in [-0.39, 0.29) is 0 Å². The lowest BCUT2D eigenvalue weighted by Crippen LogP contribution is -2.15. The van der Waals surface area contributed by atoms with Crippen LogP contribution in [0.15, 0.2) is 303 Å². The summed E-state index contributed by atoms with van der Waals surface area (Å²) in [4.78, 5) is 20.7. The van der Waals surface area contributed by atoms with Gasteiger partial charge < -0.3 is 24.3 Å². The van der Waals surface area contributed by atoms with E-state index in [1.807, 2.05) is 12.3 Å². The monoisotopic (exact) mass is 1130 g/mol. The van der Waals surface area contributed by atoms with Crippen LogP contribution in [0.25, 0.3) is 117 Å². The molecule has 0 fully saturated rings. The van der Waals surface area contributed by atoms with Gasteiger partial charge in [0.2, 0.25) is 0 Å². The first-order chi connectivity index (χ1) is 43.6. The molecule has 0 unspecified atom stereocenters. The zero-order valence-electron chi connectivity index (χ0n) is 47.8. The zero-order valence-corrected chi connectivity index (χ0v) is 47.8. The van der Waals surface area contributed by atoms with E-state index >= 15 is 0 Å². The number of anilines is 7. The SMILES string of the molecule is C1=Cc2cccc(N(c3ccc(-c4nc5cc(-c6ccccc6)ccc5nc4-c4ccc(N(c5ccc(-n6c7ccccc7c7ccccc76)cc5)c5cccc6cccnc56)cc4)cc3)c3ccc(-n4c5ccccc5c5ccccc54)cc3)c2NC1. The van der Waals surface area contributed by atoms with E-state index < -0.39 is 0 Å². The minimum atomic E-state index is 0.746. The Hall–Kier alpha value is -11.9. The molecule has 4 aromatic heterocycles. The fourth-order valence-corrected chi connectivity index (χ4v) is 13.3. The normalized spacial score (nSPS) is 12.1. The van der Waals surface area contributed by atoms with Gasteiger partial charge >= 0.3 is 0 Å². The molecular formula is C80H54N8. The molecule has 0 aliphatic carbocycles. The molecule has 17 rings (SSSR count). The van der Waals surface area contributed by atoms with Gasteiger partial charge in [-0.3, -0.25) is 4.98 Å². The molecule has 0 spiro atoms. The second-order valence-corrected chi connectivity index (χ2v) is 22.4. The predicted octanol–water partition coefficient (Wildman–Crippen LogP) is 20.8. The molecule has 8 heteroatoms. The predicted molar refractivity (Wildman–Crippen MR) is 367 cm³/mol. The lowest BCUT2D eigenvalue weighted by molar-refractivity contribution is 1.17. The van der Waals surface area contributed by atoms with Crippen molar-refractivity contribution in [3.05, 3.63) is 309 Å². The van der Waals surface area contributed by atoms with E-state index in [1.165, 1.54) is 43.6 Å². The summed E-state index contributed by atoms with van der Waals surface area (Å²) in [5.74, 6) is 0. The quantitative estimate of drug-likeness (QED) is 0.139. The van der Waals surface area contributed by atoms with Crippen molar-refractivity contribution in [1.29, 1.82) is 0 Å². The molecule has 8 nitrogen and oxygen atoms in total. The minimum Gasteiger partial charge on any atom is -0.379 e. The number of rotatable bonds is 11. The summed E-state index contributed by atoms with van der Waals surface area (Å²) >= 11 is 0. The van der Waals surface area contributed by atoms with Gasteiger partial charge in [-0.15, -0.1) is 0 Å². The highest BCUT2D eigenvalue weighted by Gasteiger charge is 2.23. The van der Waals surface area contributed by atoms with Crippen molar-refractivity contribution in [2.24, 2.45) is 0 Å². The summed E-state index contributed by atoms with van der Waals surface area (Å²) in [6, 6.07) is 104. The van der Waals surface area contributed by atoms with Crippen LogP contribution in [-0.4, -0.2) is 30.6 Å². The number of para-hydroxylation sites is 6. The molecule has 12 aromatic carbocycles. The third kappa shape index (κ3) is 8.57. The highest BCUT2D eigenvalue weighted by atomic mass is 15.2. The van der Waals surface area contributed by atoms with Crippen LogP contribution in [0, 0.1) is 0 Å². The van der Waals surface area contributed by atoms with Gasteiger partial charge in [-0.25, -0.2) is 9.97 Å². The Labute approximate surface area is 508 Å². The van der Waals surface area contributed by atoms with Crippen LogP contribution in [0.1, 0.15) is 5.56 Å². The Morgan fingerprint density at radius 1 is 0.352 bits per heavy atom. The number of hydrogen-bond acceptors (Lipinski definition) is 6. The smallest absolute Gasteiger partial charge is 0.0973 e.